The van der Waals surface area contributed by atoms with Crippen molar-refractivity contribution >= 4 is 22.8 Å². The molecule has 1 aromatic carbocycles. The van der Waals surface area contributed by atoms with Crippen LogP contribution >= 0.6 is 0 Å². The lowest BCUT2D eigenvalue weighted by molar-refractivity contribution is -0.384. The molecule has 0 spiro atoms. The Morgan fingerprint density at radius 1 is 1.29 bits per heavy atom. The quantitative estimate of drug-likeness (QED) is 0.583. The molecule has 0 aliphatic heterocycles. The molecule has 0 saturated carbocycles. The van der Waals surface area contributed by atoms with Gasteiger partial charge < -0.3 is 9.73 Å². The largest absolute Gasteiger partial charge is 0.424 e. The monoisotopic (exact) mass is 284 g/mol. The average Bonchev–Trinajstić information content (AvgIpc) is 2.89. The summed E-state index contributed by atoms with van der Waals surface area (Å²) in [6.07, 6.45) is 3.42. The van der Waals surface area contributed by atoms with E-state index in [2.05, 4.69) is 15.3 Å². The van der Waals surface area contributed by atoms with Crippen molar-refractivity contribution in [2.24, 2.45) is 0 Å². The lowest BCUT2D eigenvalue weighted by Crippen LogP contribution is -2.06. The SMILES string of the molecule is CC(Nc1nc2cc([N+](=O)[O-])ccc2o1)c1ccncc1. The summed E-state index contributed by atoms with van der Waals surface area (Å²) in [4.78, 5) is 18.5. The molecule has 21 heavy (non-hydrogen) atoms. The summed E-state index contributed by atoms with van der Waals surface area (Å²) in [5.74, 6) is 0. The van der Waals surface area contributed by atoms with Crippen LogP contribution in [0.4, 0.5) is 11.7 Å². The predicted octanol–water partition coefficient (Wildman–Crippen LogP) is 3.30. The highest BCUT2D eigenvalue weighted by Crippen LogP contribution is 2.25. The Bertz CT molecular complexity index is 785. The Balaban J connectivity index is 1.86. The molecule has 0 saturated heterocycles. The van der Waals surface area contributed by atoms with Gasteiger partial charge in [0.15, 0.2) is 5.58 Å². The maximum Gasteiger partial charge on any atom is 0.296 e. The van der Waals surface area contributed by atoms with Gasteiger partial charge >= 0.3 is 0 Å². The summed E-state index contributed by atoms with van der Waals surface area (Å²) >= 11 is 0. The summed E-state index contributed by atoms with van der Waals surface area (Å²) in [5.41, 5.74) is 1.99. The lowest BCUT2D eigenvalue weighted by atomic mass is 10.1. The van der Waals surface area contributed by atoms with Gasteiger partial charge in [-0.2, -0.15) is 4.98 Å². The molecule has 106 valence electrons. The number of nitro benzene ring substituents is 1. The maximum absolute atomic E-state index is 10.7. The first kappa shape index (κ1) is 13.0. The first-order valence-corrected chi connectivity index (χ1v) is 6.35. The van der Waals surface area contributed by atoms with Gasteiger partial charge in [-0.3, -0.25) is 15.1 Å². The molecule has 1 unspecified atom stereocenters. The Morgan fingerprint density at radius 2 is 2.05 bits per heavy atom. The van der Waals surface area contributed by atoms with E-state index < -0.39 is 4.92 Å². The summed E-state index contributed by atoms with van der Waals surface area (Å²) in [6.45, 7) is 1.96. The Hall–Kier alpha value is -2.96. The number of rotatable bonds is 4. The standard InChI is InChI=1S/C14H12N4O3/c1-9(10-4-6-15-7-5-10)16-14-17-12-8-11(18(19)20)2-3-13(12)21-14/h2-9H,1H3,(H,16,17). The van der Waals surface area contributed by atoms with E-state index in [0.717, 1.165) is 5.56 Å². The molecule has 0 bridgehead atoms. The van der Waals surface area contributed by atoms with Crippen LogP contribution in [0.1, 0.15) is 18.5 Å². The van der Waals surface area contributed by atoms with E-state index in [0.29, 0.717) is 17.1 Å². The highest BCUT2D eigenvalue weighted by atomic mass is 16.6. The van der Waals surface area contributed by atoms with Crippen LogP contribution in [0.25, 0.3) is 11.1 Å². The van der Waals surface area contributed by atoms with Crippen LogP contribution in [-0.4, -0.2) is 14.9 Å². The summed E-state index contributed by atoms with van der Waals surface area (Å²) in [7, 11) is 0. The number of aromatic nitrogens is 2. The third kappa shape index (κ3) is 2.66. The summed E-state index contributed by atoms with van der Waals surface area (Å²) in [6, 6.07) is 8.43. The van der Waals surface area contributed by atoms with Crippen LogP contribution in [-0.2, 0) is 0 Å². The highest BCUT2D eigenvalue weighted by molar-refractivity contribution is 5.77. The Labute approximate surface area is 119 Å². The molecule has 7 nitrogen and oxygen atoms in total. The zero-order chi connectivity index (χ0) is 14.8. The van der Waals surface area contributed by atoms with Crippen LogP contribution in [0.3, 0.4) is 0 Å². The second-order valence-electron chi connectivity index (χ2n) is 4.57. The second-order valence-corrected chi connectivity index (χ2v) is 4.57. The van der Waals surface area contributed by atoms with Gasteiger partial charge in [0.05, 0.1) is 11.0 Å². The van der Waals surface area contributed by atoms with Crippen LogP contribution in [0.15, 0.2) is 47.1 Å². The van der Waals surface area contributed by atoms with Crippen molar-refractivity contribution < 1.29 is 9.34 Å². The van der Waals surface area contributed by atoms with Crippen molar-refractivity contribution in [2.45, 2.75) is 13.0 Å². The highest BCUT2D eigenvalue weighted by Gasteiger charge is 2.13. The maximum atomic E-state index is 10.7. The number of non-ortho nitro benzene ring substituents is 1. The minimum atomic E-state index is -0.458. The number of nitrogens with one attached hydrogen (secondary N) is 1. The number of oxazole rings is 1. The van der Waals surface area contributed by atoms with Crippen LogP contribution in [0, 0.1) is 10.1 Å². The molecule has 0 aliphatic carbocycles. The molecular weight excluding hydrogens is 272 g/mol. The van der Waals surface area contributed by atoms with Gasteiger partial charge in [-0.1, -0.05) is 0 Å². The molecular formula is C14H12N4O3. The smallest absolute Gasteiger partial charge is 0.296 e. The fourth-order valence-corrected chi connectivity index (χ4v) is 2.01. The number of fused-ring (bicyclic) bond motifs is 1. The number of benzene rings is 1. The van der Waals surface area contributed by atoms with Gasteiger partial charge in [-0.05, 0) is 30.7 Å². The zero-order valence-electron chi connectivity index (χ0n) is 11.2. The van der Waals surface area contributed by atoms with Gasteiger partial charge in [0.1, 0.15) is 5.52 Å². The normalized spacial score (nSPS) is 12.2. The lowest BCUT2D eigenvalue weighted by Gasteiger charge is -2.11. The molecule has 1 atom stereocenters. The number of hydrogen-bond acceptors (Lipinski definition) is 6. The molecule has 0 fully saturated rings. The van der Waals surface area contributed by atoms with E-state index >= 15 is 0 Å². The van der Waals surface area contributed by atoms with Gasteiger partial charge in [0.2, 0.25) is 0 Å². The topological polar surface area (TPSA) is 94.1 Å². The van der Waals surface area contributed by atoms with Crippen molar-refractivity contribution in [2.75, 3.05) is 5.32 Å². The van der Waals surface area contributed by atoms with Crippen molar-refractivity contribution in [3.63, 3.8) is 0 Å². The molecule has 0 amide bonds. The molecule has 2 aromatic heterocycles. The number of hydrogen-bond donors (Lipinski definition) is 1. The summed E-state index contributed by atoms with van der Waals surface area (Å²) < 4.78 is 5.53. The van der Waals surface area contributed by atoms with Crippen molar-refractivity contribution in [1.82, 2.24) is 9.97 Å². The predicted molar refractivity (Wildman–Crippen MR) is 76.9 cm³/mol. The summed E-state index contributed by atoms with van der Waals surface area (Å²) in [5, 5.41) is 13.9. The minimum absolute atomic E-state index is 0.00969. The van der Waals surface area contributed by atoms with E-state index in [1.54, 1.807) is 18.5 Å². The fraction of sp³-hybridized carbons (Fsp3) is 0.143. The molecule has 0 aliphatic rings. The third-order valence-corrected chi connectivity index (χ3v) is 3.13. The number of nitro groups is 1. The van der Waals surface area contributed by atoms with Gasteiger partial charge in [0.25, 0.3) is 11.7 Å². The fourth-order valence-electron chi connectivity index (χ4n) is 2.01. The van der Waals surface area contributed by atoms with Crippen LogP contribution in [0.5, 0.6) is 0 Å². The van der Waals surface area contributed by atoms with E-state index in [1.807, 2.05) is 19.1 Å². The van der Waals surface area contributed by atoms with E-state index in [9.17, 15) is 10.1 Å². The van der Waals surface area contributed by atoms with E-state index in [-0.39, 0.29) is 11.7 Å². The molecule has 0 radical (unpaired) electrons. The van der Waals surface area contributed by atoms with Crippen molar-refractivity contribution in [1.29, 1.82) is 0 Å². The number of anilines is 1. The molecule has 3 aromatic rings. The van der Waals surface area contributed by atoms with Crippen LogP contribution < -0.4 is 5.32 Å². The molecule has 7 heteroatoms. The number of pyridine rings is 1. The van der Waals surface area contributed by atoms with Gasteiger partial charge in [-0.15, -0.1) is 0 Å². The first-order valence-electron chi connectivity index (χ1n) is 6.35. The van der Waals surface area contributed by atoms with Crippen molar-refractivity contribution in [3.8, 4) is 0 Å². The molecule has 3 rings (SSSR count). The third-order valence-electron chi connectivity index (χ3n) is 3.13. The Kier molecular flexibility index (Phi) is 3.23. The van der Waals surface area contributed by atoms with Crippen molar-refractivity contribution in [3.05, 3.63) is 58.4 Å². The molecule has 2 heterocycles. The van der Waals surface area contributed by atoms with E-state index in [4.69, 9.17) is 4.42 Å². The van der Waals surface area contributed by atoms with Gasteiger partial charge in [0, 0.05) is 24.5 Å². The number of nitrogens with zero attached hydrogens (tertiary/aromatic N) is 3. The molecule has 1 N–H and O–H groups in total. The van der Waals surface area contributed by atoms with E-state index in [1.165, 1.54) is 12.1 Å². The average molecular weight is 284 g/mol. The van der Waals surface area contributed by atoms with Gasteiger partial charge in [-0.25, -0.2) is 0 Å². The minimum Gasteiger partial charge on any atom is -0.424 e. The Morgan fingerprint density at radius 3 is 2.76 bits per heavy atom. The van der Waals surface area contributed by atoms with Crippen LogP contribution in [0.2, 0.25) is 0 Å². The second kappa shape index (κ2) is 5.20. The first-order chi connectivity index (χ1) is 10.1. The zero-order valence-corrected chi connectivity index (χ0v) is 11.2.